The highest BCUT2D eigenvalue weighted by Gasteiger charge is 2.43. The van der Waals surface area contributed by atoms with E-state index in [1.165, 1.54) is 74.9 Å². The van der Waals surface area contributed by atoms with Gasteiger partial charge >= 0.3 is 0 Å². The Morgan fingerprint density at radius 1 is 0.241 bits per heavy atom. The molecule has 0 unspecified atom stereocenters. The molecule has 282 valence electrons. The van der Waals surface area contributed by atoms with Crippen LogP contribution in [-0.2, 0) is 0 Å². The van der Waals surface area contributed by atoms with E-state index in [4.69, 9.17) is 0 Å². The van der Waals surface area contributed by atoms with E-state index >= 15 is 0 Å². The second-order valence-corrected chi connectivity index (χ2v) is 23.3. The molecule has 0 nitrogen and oxygen atoms in total. The molecule has 0 radical (unpaired) electrons. The van der Waals surface area contributed by atoms with Crippen molar-refractivity contribution in [2.75, 3.05) is 0 Å². The molecule has 0 saturated carbocycles. The smallest absolute Gasteiger partial charge is 0.0670 e. The first-order valence-electron chi connectivity index (χ1n) is 20.4. The van der Waals surface area contributed by atoms with E-state index in [1.54, 1.807) is 0 Å². The first-order valence-corrected chi connectivity index (χ1v) is 24.4. The summed E-state index contributed by atoms with van der Waals surface area (Å²) in [7, 11) is -5.16. The van der Waals surface area contributed by atoms with Gasteiger partial charge in [-0.05, 0) is 92.2 Å². The minimum Gasteiger partial charge on any atom is -0.0670 e. The Labute approximate surface area is 347 Å². The normalized spacial score (nSPS) is 12.7. The molecule has 0 N–H and O–H groups in total. The molecule has 0 aromatic heterocycles. The van der Waals surface area contributed by atoms with E-state index in [-0.39, 0.29) is 0 Å². The van der Waals surface area contributed by atoms with Gasteiger partial charge in [-0.25, -0.2) is 0 Å². The molecule has 2 heteroatoms. The van der Waals surface area contributed by atoms with Gasteiger partial charge in [-0.1, -0.05) is 241 Å². The van der Waals surface area contributed by atoms with Crippen LogP contribution in [-0.4, -0.2) is 16.1 Å². The summed E-state index contributed by atoms with van der Waals surface area (Å²) in [5, 5.41) is 11.3. The Hall–Kier alpha value is -6.33. The van der Waals surface area contributed by atoms with Gasteiger partial charge in [0.1, 0.15) is 0 Å². The number of hydrogen-bond donors (Lipinski definition) is 0. The van der Waals surface area contributed by atoms with Crippen molar-refractivity contribution < 1.29 is 0 Å². The van der Waals surface area contributed by atoms with Gasteiger partial charge < -0.3 is 0 Å². The van der Waals surface area contributed by atoms with Crippen LogP contribution in [0.2, 0.25) is 0 Å². The molecule has 58 heavy (non-hydrogen) atoms. The maximum Gasteiger partial charge on any atom is 0.175 e. The van der Waals surface area contributed by atoms with Gasteiger partial charge in [0, 0.05) is 0 Å². The molecule has 0 fully saturated rings. The fourth-order valence-electron chi connectivity index (χ4n) is 9.25. The van der Waals surface area contributed by atoms with Gasteiger partial charge in [-0.3, -0.25) is 0 Å². The molecule has 0 aliphatic rings. The molecule has 0 amide bonds. The van der Waals surface area contributed by atoms with Gasteiger partial charge in [0.15, 0.2) is 16.1 Å². The fourth-order valence-corrected chi connectivity index (χ4v) is 19.4. The predicted octanol–water partition coefficient (Wildman–Crippen LogP) is 10.4. The van der Waals surface area contributed by atoms with Crippen molar-refractivity contribution in [3.63, 3.8) is 0 Å². The quantitative estimate of drug-likeness (QED) is 0.0906. The Morgan fingerprint density at radius 2 is 0.431 bits per heavy atom. The van der Waals surface area contributed by atoms with Crippen LogP contribution in [0.15, 0.2) is 241 Å². The lowest BCUT2D eigenvalue weighted by Crippen LogP contribution is -2.68. The van der Waals surface area contributed by atoms with E-state index in [1.807, 2.05) is 0 Å². The first kappa shape index (κ1) is 38.5. The first-order chi connectivity index (χ1) is 28.5. The zero-order valence-corrected chi connectivity index (χ0v) is 35.9. The summed E-state index contributed by atoms with van der Waals surface area (Å²) >= 11 is 0. The Morgan fingerprint density at radius 3 is 0.621 bits per heavy atom. The topological polar surface area (TPSA) is 0 Å². The summed E-state index contributed by atoms with van der Waals surface area (Å²) in [5.41, 5.74) is 7.64. The van der Waals surface area contributed by atoms with Crippen molar-refractivity contribution in [3.05, 3.63) is 252 Å². The van der Waals surface area contributed by atoms with E-state index in [0.29, 0.717) is 0 Å². The third kappa shape index (κ3) is 7.00. The zero-order chi connectivity index (χ0) is 40.0. The fraction of sp³-hybridized carbons (Fsp3) is 0.0714. The van der Waals surface area contributed by atoms with Crippen LogP contribution in [0, 0.1) is 0 Å². The number of hydrogen-bond acceptors (Lipinski definition) is 0. The summed E-state index contributed by atoms with van der Waals surface area (Å²) in [5.74, 6) is 0. The monoisotopic (exact) mass is 778 g/mol. The lowest BCUT2D eigenvalue weighted by Gasteiger charge is -2.36. The molecule has 0 aliphatic carbocycles. The molecule has 0 bridgehead atoms. The van der Waals surface area contributed by atoms with Crippen LogP contribution in [0.5, 0.6) is 0 Å². The van der Waals surface area contributed by atoms with Gasteiger partial charge in [0.2, 0.25) is 0 Å². The minimum atomic E-state index is -2.58. The minimum absolute atomic E-state index is 1.22. The van der Waals surface area contributed by atoms with Crippen molar-refractivity contribution in [2.45, 2.75) is 27.7 Å². The number of benzene rings is 8. The highest BCUT2D eigenvalue weighted by molar-refractivity contribution is 7.17. The van der Waals surface area contributed by atoms with Crippen molar-refractivity contribution in [1.29, 1.82) is 0 Å². The van der Waals surface area contributed by atoms with Crippen LogP contribution in [0.25, 0.3) is 22.3 Å². The van der Waals surface area contributed by atoms with Crippen molar-refractivity contribution in [1.82, 2.24) is 0 Å². The van der Waals surface area contributed by atoms with Crippen LogP contribution < -0.4 is 31.1 Å². The average molecular weight is 779 g/mol. The molecule has 0 aliphatic heterocycles. The third-order valence-electron chi connectivity index (χ3n) is 12.5. The second-order valence-electron chi connectivity index (χ2n) is 15.4. The van der Waals surface area contributed by atoms with Crippen LogP contribution in [0.4, 0.5) is 0 Å². The summed E-state index contributed by atoms with van der Waals surface area (Å²) in [6, 6.07) is 85.6. The van der Waals surface area contributed by atoms with Crippen LogP contribution in [0.1, 0.15) is 38.8 Å². The molecule has 0 saturated heterocycles. The lowest BCUT2D eigenvalue weighted by atomic mass is 9.98. The summed E-state index contributed by atoms with van der Waals surface area (Å²) in [6.07, 6.45) is 0. The van der Waals surface area contributed by atoms with E-state index in [2.05, 4.69) is 258 Å². The third-order valence-corrected chi connectivity index (χ3v) is 22.7. The highest BCUT2D eigenvalue weighted by Crippen LogP contribution is 2.31. The van der Waals surface area contributed by atoms with E-state index in [0.717, 1.165) is 0 Å². The Bertz CT molecular complexity index is 2250. The molecule has 0 spiro atoms. The van der Waals surface area contributed by atoms with Crippen molar-refractivity contribution >= 4 is 58.4 Å². The Balaban J connectivity index is 1.17. The summed E-state index contributed by atoms with van der Waals surface area (Å²) in [6.45, 7) is 9.39. The lowest BCUT2D eigenvalue weighted by molar-refractivity contribution is 1.47. The molecule has 8 aromatic rings. The maximum absolute atomic E-state index is 2.58. The number of allylic oxidation sites excluding steroid dienone is 4. The predicted molar refractivity (Wildman–Crippen MR) is 256 cm³/mol. The van der Waals surface area contributed by atoms with Crippen molar-refractivity contribution in [2.24, 2.45) is 0 Å². The molecule has 8 rings (SSSR count). The van der Waals surface area contributed by atoms with Gasteiger partial charge in [-0.15, -0.1) is 0 Å². The van der Waals surface area contributed by atoms with Crippen LogP contribution in [0.3, 0.4) is 0 Å². The molecule has 0 heterocycles. The van der Waals surface area contributed by atoms with Crippen molar-refractivity contribution in [3.8, 4) is 11.1 Å². The van der Waals surface area contributed by atoms with Crippen LogP contribution >= 0.6 is 0 Å². The van der Waals surface area contributed by atoms with Gasteiger partial charge in [0.25, 0.3) is 0 Å². The maximum atomic E-state index is 2.38. The summed E-state index contributed by atoms with van der Waals surface area (Å²) < 4.78 is 0. The molecular formula is C56H50Si2. The van der Waals surface area contributed by atoms with E-state index < -0.39 is 16.1 Å². The number of rotatable bonds is 11. The van der Waals surface area contributed by atoms with Gasteiger partial charge in [0.05, 0.1) is 0 Å². The van der Waals surface area contributed by atoms with Gasteiger partial charge in [-0.2, -0.15) is 0 Å². The molecular weight excluding hydrogens is 729 g/mol. The Kier molecular flexibility index (Phi) is 11.3. The average Bonchev–Trinajstić information content (AvgIpc) is 3.31. The molecule has 8 aromatic carbocycles. The highest BCUT2D eigenvalue weighted by atomic mass is 28.3. The standard InChI is InChI=1S/C56H50Si2/c1-43(45(3)57(51-23-11-5-12-24-51,52-25-13-6-14-26-52)53-27-15-7-16-28-53)47-35-39-49(40-36-47)50-41-37-48(38-42-50)44(2)46(4)58(54-29-17-8-18-30-54,55-31-19-9-20-32-55)56-33-21-10-22-34-56/h5-42H,1-4H3/b45-43+,46-44+. The summed E-state index contributed by atoms with van der Waals surface area (Å²) in [4.78, 5) is 0. The molecule has 0 atom stereocenters. The largest absolute Gasteiger partial charge is 0.175 e. The van der Waals surface area contributed by atoms with E-state index in [9.17, 15) is 0 Å². The second kappa shape index (κ2) is 17.0. The SMILES string of the molecule is C/C(=C(/C)[Si](c1ccccc1)(c1ccccc1)c1ccccc1)c1ccc(-c2ccc(/C(C)=C(\C)[Si](c3ccccc3)(c3ccccc3)c3ccccc3)cc2)cc1. The zero-order valence-electron chi connectivity index (χ0n) is 33.9.